The summed E-state index contributed by atoms with van der Waals surface area (Å²) in [5, 5.41) is 5.29. The van der Waals surface area contributed by atoms with E-state index in [2.05, 4.69) is 58.0 Å². The molecule has 0 saturated carbocycles. The molecular formula is C18H20N4O. The minimum atomic E-state index is 0.639. The molecule has 0 spiro atoms. The number of aryl methyl sites for hydroxylation is 1. The Hall–Kier alpha value is -2.40. The Morgan fingerprint density at radius 2 is 2.22 bits per heavy atom. The highest BCUT2D eigenvalue weighted by Crippen LogP contribution is 2.32. The van der Waals surface area contributed by atoms with Crippen molar-refractivity contribution in [2.24, 2.45) is 0 Å². The summed E-state index contributed by atoms with van der Waals surface area (Å²) >= 11 is 0. The first-order valence-corrected chi connectivity index (χ1v) is 7.89. The molecular weight excluding hydrogens is 288 g/mol. The molecule has 1 aromatic carbocycles. The van der Waals surface area contributed by atoms with E-state index >= 15 is 0 Å². The van der Waals surface area contributed by atoms with Crippen LogP contribution in [0.25, 0.3) is 22.7 Å². The summed E-state index contributed by atoms with van der Waals surface area (Å²) in [5.74, 6) is 0.639. The van der Waals surface area contributed by atoms with Crippen LogP contribution < -0.4 is 0 Å². The van der Waals surface area contributed by atoms with Gasteiger partial charge in [0.05, 0.1) is 5.52 Å². The minimum absolute atomic E-state index is 0.639. The van der Waals surface area contributed by atoms with Gasteiger partial charge in [0.2, 0.25) is 6.39 Å². The molecule has 3 heterocycles. The van der Waals surface area contributed by atoms with E-state index in [-0.39, 0.29) is 0 Å². The molecule has 0 unspecified atom stereocenters. The van der Waals surface area contributed by atoms with Gasteiger partial charge in [-0.25, -0.2) is 0 Å². The molecule has 0 saturated heterocycles. The summed E-state index contributed by atoms with van der Waals surface area (Å²) in [6, 6.07) is 6.68. The largest absolute Gasteiger partial charge is 0.342 e. The van der Waals surface area contributed by atoms with Crippen LogP contribution in [0, 0.1) is 6.92 Å². The monoisotopic (exact) mass is 308 g/mol. The van der Waals surface area contributed by atoms with Gasteiger partial charge in [-0.05, 0) is 38.6 Å². The highest BCUT2D eigenvalue weighted by molar-refractivity contribution is 5.90. The summed E-state index contributed by atoms with van der Waals surface area (Å²) in [4.78, 5) is 6.53. The summed E-state index contributed by atoms with van der Waals surface area (Å²) in [6.07, 6.45) is 4.55. The maximum atomic E-state index is 4.87. The highest BCUT2D eigenvalue weighted by Gasteiger charge is 2.22. The first-order valence-electron chi connectivity index (χ1n) is 7.89. The molecule has 0 amide bonds. The Morgan fingerprint density at radius 1 is 1.35 bits per heavy atom. The second-order valence-electron chi connectivity index (χ2n) is 6.37. The molecule has 3 aromatic rings. The standard InChI is InChI=1S/C18H20N4O/c1-12-4-5-16-14(8-12)15-10-21(3)7-6-17(15)22(16)9-13(2)18-19-11-23-20-18/h4-5,8-9,11H,6-7,10H2,1-3H3. The van der Waals surface area contributed by atoms with E-state index in [1.165, 1.54) is 34.1 Å². The van der Waals surface area contributed by atoms with Crippen LogP contribution in [0.1, 0.15) is 29.6 Å². The van der Waals surface area contributed by atoms with Crippen LogP contribution in [0.4, 0.5) is 0 Å². The smallest absolute Gasteiger partial charge is 0.214 e. The van der Waals surface area contributed by atoms with Crippen LogP contribution in [0.5, 0.6) is 0 Å². The van der Waals surface area contributed by atoms with E-state index in [1.54, 1.807) is 0 Å². The molecule has 118 valence electrons. The number of fused-ring (bicyclic) bond motifs is 3. The van der Waals surface area contributed by atoms with Gasteiger partial charge in [0.1, 0.15) is 0 Å². The number of hydrogen-bond donors (Lipinski definition) is 0. The van der Waals surface area contributed by atoms with E-state index in [4.69, 9.17) is 4.52 Å². The van der Waals surface area contributed by atoms with E-state index < -0.39 is 0 Å². The lowest BCUT2D eigenvalue weighted by molar-refractivity contribution is 0.312. The average Bonchev–Trinajstić information content (AvgIpc) is 3.15. The third-order valence-electron chi connectivity index (χ3n) is 4.57. The second kappa shape index (κ2) is 5.35. The van der Waals surface area contributed by atoms with Gasteiger partial charge in [0, 0.05) is 42.4 Å². The molecule has 1 aliphatic heterocycles. The number of hydrogen-bond acceptors (Lipinski definition) is 4. The number of allylic oxidation sites excluding steroid dienone is 1. The molecule has 1 aliphatic rings. The molecule has 5 nitrogen and oxygen atoms in total. The van der Waals surface area contributed by atoms with Gasteiger partial charge in [-0.2, -0.15) is 4.98 Å². The Balaban J connectivity index is 1.94. The summed E-state index contributed by atoms with van der Waals surface area (Å²) in [6.45, 7) is 6.25. The van der Waals surface area contributed by atoms with Crippen LogP contribution in [-0.4, -0.2) is 33.2 Å². The fraction of sp³-hybridized carbons (Fsp3) is 0.333. The van der Waals surface area contributed by atoms with Gasteiger partial charge in [0.15, 0.2) is 5.82 Å². The molecule has 4 rings (SSSR count). The molecule has 0 radical (unpaired) electrons. The van der Waals surface area contributed by atoms with Gasteiger partial charge in [-0.3, -0.25) is 0 Å². The zero-order valence-corrected chi connectivity index (χ0v) is 13.7. The molecule has 0 N–H and O–H groups in total. The lowest BCUT2D eigenvalue weighted by atomic mass is 10.0. The quantitative estimate of drug-likeness (QED) is 0.728. The molecule has 0 aliphatic carbocycles. The molecule has 0 bridgehead atoms. The van der Waals surface area contributed by atoms with Crippen molar-refractivity contribution in [3.05, 3.63) is 47.2 Å². The molecule has 0 atom stereocenters. The predicted octanol–water partition coefficient (Wildman–Crippen LogP) is 3.34. The number of likely N-dealkylation sites (N-methyl/N-ethyl adjacent to an activating group) is 1. The minimum Gasteiger partial charge on any atom is -0.342 e. The summed E-state index contributed by atoms with van der Waals surface area (Å²) < 4.78 is 7.18. The van der Waals surface area contributed by atoms with Crippen molar-refractivity contribution in [3.8, 4) is 0 Å². The average molecular weight is 308 g/mol. The van der Waals surface area contributed by atoms with Crippen molar-refractivity contribution in [2.75, 3.05) is 13.6 Å². The SMILES string of the molecule is CC(=Cn1c2c(c3cc(C)ccc31)CN(C)CC2)c1ncon1. The van der Waals surface area contributed by atoms with Gasteiger partial charge < -0.3 is 14.0 Å². The van der Waals surface area contributed by atoms with Crippen molar-refractivity contribution in [3.63, 3.8) is 0 Å². The number of nitrogens with zero attached hydrogens (tertiary/aromatic N) is 4. The molecule has 5 heteroatoms. The van der Waals surface area contributed by atoms with Crippen LogP contribution in [-0.2, 0) is 13.0 Å². The maximum absolute atomic E-state index is 4.87. The third-order valence-corrected chi connectivity index (χ3v) is 4.57. The van der Waals surface area contributed by atoms with E-state index in [9.17, 15) is 0 Å². The van der Waals surface area contributed by atoms with Gasteiger partial charge in [0.25, 0.3) is 0 Å². The number of benzene rings is 1. The highest BCUT2D eigenvalue weighted by atomic mass is 16.5. The zero-order valence-electron chi connectivity index (χ0n) is 13.7. The van der Waals surface area contributed by atoms with Crippen molar-refractivity contribution in [1.82, 2.24) is 19.6 Å². The predicted molar refractivity (Wildman–Crippen MR) is 90.9 cm³/mol. The summed E-state index contributed by atoms with van der Waals surface area (Å²) in [5.41, 5.74) is 6.38. The Kier molecular flexibility index (Phi) is 3.31. The first kappa shape index (κ1) is 14.2. The lowest BCUT2D eigenvalue weighted by Gasteiger charge is -2.23. The Labute approximate surface area is 135 Å². The fourth-order valence-corrected chi connectivity index (χ4v) is 3.38. The van der Waals surface area contributed by atoms with Gasteiger partial charge in [-0.15, -0.1) is 0 Å². The molecule has 0 fully saturated rings. The second-order valence-corrected chi connectivity index (χ2v) is 6.37. The first-order chi connectivity index (χ1) is 11.1. The van der Waals surface area contributed by atoms with Gasteiger partial charge >= 0.3 is 0 Å². The maximum Gasteiger partial charge on any atom is 0.214 e. The van der Waals surface area contributed by atoms with Crippen molar-refractivity contribution < 1.29 is 4.52 Å². The number of rotatable bonds is 2. The fourth-order valence-electron chi connectivity index (χ4n) is 3.38. The van der Waals surface area contributed by atoms with Crippen LogP contribution in [0.3, 0.4) is 0 Å². The molecule has 23 heavy (non-hydrogen) atoms. The number of aromatic nitrogens is 3. The van der Waals surface area contributed by atoms with E-state index in [0.717, 1.165) is 25.1 Å². The van der Waals surface area contributed by atoms with E-state index in [1.807, 2.05) is 6.92 Å². The van der Waals surface area contributed by atoms with Gasteiger partial charge in [-0.1, -0.05) is 16.8 Å². The Morgan fingerprint density at radius 3 is 3.00 bits per heavy atom. The molecule has 2 aromatic heterocycles. The van der Waals surface area contributed by atoms with Crippen molar-refractivity contribution in [2.45, 2.75) is 26.8 Å². The normalized spacial score (nSPS) is 16.0. The lowest BCUT2D eigenvalue weighted by Crippen LogP contribution is -2.26. The van der Waals surface area contributed by atoms with Crippen LogP contribution >= 0.6 is 0 Å². The van der Waals surface area contributed by atoms with Crippen molar-refractivity contribution in [1.29, 1.82) is 0 Å². The zero-order chi connectivity index (χ0) is 16.0. The van der Waals surface area contributed by atoms with Crippen molar-refractivity contribution >= 4 is 22.7 Å². The van der Waals surface area contributed by atoms with E-state index in [0.29, 0.717) is 5.82 Å². The summed E-state index contributed by atoms with van der Waals surface area (Å²) in [7, 11) is 2.18. The topological polar surface area (TPSA) is 47.1 Å². The Bertz CT molecular complexity index is 890. The van der Waals surface area contributed by atoms with Crippen LogP contribution in [0.2, 0.25) is 0 Å². The van der Waals surface area contributed by atoms with Crippen LogP contribution in [0.15, 0.2) is 29.1 Å². The third kappa shape index (κ3) is 2.37.